The summed E-state index contributed by atoms with van der Waals surface area (Å²) in [7, 11) is 0. The van der Waals surface area contributed by atoms with E-state index in [9.17, 15) is 4.79 Å². The molecule has 0 unspecified atom stereocenters. The van der Waals surface area contributed by atoms with Gasteiger partial charge in [0.25, 0.3) is 0 Å². The molecule has 0 saturated heterocycles. The molecule has 0 aliphatic carbocycles. The van der Waals surface area contributed by atoms with Crippen molar-refractivity contribution in [2.45, 2.75) is 0 Å². The number of hydrogen-bond acceptors (Lipinski definition) is 3. The van der Waals surface area contributed by atoms with Crippen molar-refractivity contribution in [1.82, 2.24) is 0 Å². The van der Waals surface area contributed by atoms with Crippen LogP contribution in [0.15, 0.2) is 59.2 Å². The Labute approximate surface area is 131 Å². The summed E-state index contributed by atoms with van der Waals surface area (Å²) in [5, 5.41) is 0.695. The molecule has 0 atom stereocenters. The largest absolute Gasteiger partial charge is 0.402 e. The number of benzene rings is 2. The number of halogens is 2. The van der Waals surface area contributed by atoms with Crippen LogP contribution in [0.4, 0.5) is 0 Å². The molecule has 3 nitrogen and oxygen atoms in total. The minimum Gasteiger partial charge on any atom is -0.402 e. The van der Waals surface area contributed by atoms with Crippen LogP contribution in [-0.4, -0.2) is 11.9 Å². The number of cyclic esters (lactones) is 1. The average Bonchev–Trinajstić information content (AvgIpc) is 2.84. The van der Waals surface area contributed by atoms with Crippen LogP contribution in [0.25, 0.3) is 6.08 Å². The normalized spacial score (nSPS) is 16.0. The minimum absolute atomic E-state index is 0.162. The minimum atomic E-state index is -0.509. The third-order valence-electron chi connectivity index (χ3n) is 2.91. The SMILES string of the molecule is O=C1OC(c2cccc(Cl)c2Cl)=N/C1=C\c1ccccc1. The second-order valence-electron chi connectivity index (χ2n) is 4.35. The van der Waals surface area contributed by atoms with Gasteiger partial charge in [0, 0.05) is 0 Å². The van der Waals surface area contributed by atoms with Gasteiger partial charge in [-0.05, 0) is 23.8 Å². The number of hydrogen-bond donors (Lipinski definition) is 0. The number of nitrogens with zero attached hydrogens (tertiary/aromatic N) is 1. The van der Waals surface area contributed by atoms with E-state index in [1.807, 2.05) is 30.3 Å². The lowest BCUT2D eigenvalue weighted by molar-refractivity contribution is -0.129. The lowest BCUT2D eigenvalue weighted by Gasteiger charge is -2.03. The Morgan fingerprint density at radius 1 is 1.00 bits per heavy atom. The highest BCUT2D eigenvalue weighted by atomic mass is 35.5. The van der Waals surface area contributed by atoms with Crippen molar-refractivity contribution >= 4 is 41.1 Å². The van der Waals surface area contributed by atoms with Crippen molar-refractivity contribution in [3.05, 3.63) is 75.4 Å². The summed E-state index contributed by atoms with van der Waals surface area (Å²) < 4.78 is 5.17. The van der Waals surface area contributed by atoms with Crippen LogP contribution < -0.4 is 0 Å². The number of ether oxygens (including phenoxy) is 1. The highest BCUT2D eigenvalue weighted by Gasteiger charge is 2.26. The molecule has 21 heavy (non-hydrogen) atoms. The Kier molecular flexibility index (Phi) is 3.78. The van der Waals surface area contributed by atoms with Crippen molar-refractivity contribution in [2.24, 2.45) is 4.99 Å². The van der Waals surface area contributed by atoms with Gasteiger partial charge >= 0.3 is 5.97 Å². The third-order valence-corrected chi connectivity index (χ3v) is 3.72. The molecule has 1 aliphatic rings. The summed E-state index contributed by atoms with van der Waals surface area (Å²) in [5.41, 5.74) is 1.59. The summed E-state index contributed by atoms with van der Waals surface area (Å²) in [6, 6.07) is 14.5. The zero-order chi connectivity index (χ0) is 14.8. The molecule has 3 rings (SSSR count). The number of carbonyl (C=O) groups excluding carboxylic acids is 1. The summed E-state index contributed by atoms with van der Waals surface area (Å²) >= 11 is 12.1. The molecule has 0 fully saturated rings. The predicted molar refractivity (Wildman–Crippen MR) is 83.5 cm³/mol. The summed E-state index contributed by atoms with van der Waals surface area (Å²) in [4.78, 5) is 16.1. The van der Waals surface area contributed by atoms with E-state index in [1.54, 1.807) is 24.3 Å². The van der Waals surface area contributed by atoms with Crippen LogP contribution in [0.5, 0.6) is 0 Å². The first kappa shape index (κ1) is 13.9. The van der Waals surface area contributed by atoms with Crippen molar-refractivity contribution in [3.8, 4) is 0 Å². The molecule has 0 radical (unpaired) electrons. The van der Waals surface area contributed by atoms with E-state index in [-0.39, 0.29) is 11.6 Å². The smallest absolute Gasteiger partial charge is 0.363 e. The molecular weight excluding hydrogens is 309 g/mol. The Morgan fingerprint density at radius 3 is 2.52 bits per heavy atom. The second kappa shape index (κ2) is 5.72. The van der Waals surface area contributed by atoms with Crippen LogP contribution in [0.1, 0.15) is 11.1 Å². The van der Waals surface area contributed by atoms with Crippen molar-refractivity contribution in [1.29, 1.82) is 0 Å². The average molecular weight is 318 g/mol. The van der Waals surface area contributed by atoms with Gasteiger partial charge in [0.2, 0.25) is 5.90 Å². The number of esters is 1. The van der Waals surface area contributed by atoms with E-state index >= 15 is 0 Å². The lowest BCUT2D eigenvalue weighted by atomic mass is 10.2. The maximum absolute atomic E-state index is 11.9. The summed E-state index contributed by atoms with van der Waals surface area (Å²) in [6.07, 6.45) is 1.66. The highest BCUT2D eigenvalue weighted by molar-refractivity contribution is 6.44. The van der Waals surface area contributed by atoms with Crippen LogP contribution in [0, 0.1) is 0 Å². The van der Waals surface area contributed by atoms with E-state index in [0.29, 0.717) is 15.6 Å². The molecule has 104 valence electrons. The Bertz CT molecular complexity index is 767. The molecular formula is C16H9Cl2NO2. The molecule has 0 bridgehead atoms. The topological polar surface area (TPSA) is 38.7 Å². The monoisotopic (exact) mass is 317 g/mol. The fourth-order valence-corrected chi connectivity index (χ4v) is 2.28. The molecule has 2 aromatic rings. The zero-order valence-electron chi connectivity index (χ0n) is 10.7. The van der Waals surface area contributed by atoms with Gasteiger partial charge < -0.3 is 4.74 Å². The highest BCUT2D eigenvalue weighted by Crippen LogP contribution is 2.29. The van der Waals surface area contributed by atoms with Gasteiger partial charge in [-0.1, -0.05) is 59.6 Å². The fraction of sp³-hybridized carbons (Fsp3) is 0. The van der Waals surface area contributed by atoms with Crippen LogP contribution in [0.3, 0.4) is 0 Å². The standard InChI is InChI=1S/C16H9Cl2NO2/c17-12-8-4-7-11(14(12)18)15-19-13(16(20)21-15)9-10-5-2-1-3-6-10/h1-9H/b13-9-. The van der Waals surface area contributed by atoms with E-state index in [2.05, 4.69) is 4.99 Å². The number of aliphatic imine (C=N–C) groups is 1. The molecule has 1 aliphatic heterocycles. The van der Waals surface area contributed by atoms with Crippen LogP contribution in [0.2, 0.25) is 10.0 Å². The first-order chi connectivity index (χ1) is 10.1. The quantitative estimate of drug-likeness (QED) is 0.610. The molecule has 0 saturated carbocycles. The van der Waals surface area contributed by atoms with Crippen LogP contribution >= 0.6 is 23.2 Å². The van der Waals surface area contributed by atoms with Gasteiger partial charge in [0.1, 0.15) is 0 Å². The maximum atomic E-state index is 11.9. The maximum Gasteiger partial charge on any atom is 0.363 e. The van der Waals surface area contributed by atoms with E-state index in [4.69, 9.17) is 27.9 Å². The number of rotatable bonds is 2. The summed E-state index contributed by atoms with van der Waals surface area (Å²) in [6.45, 7) is 0. The van der Waals surface area contributed by atoms with Gasteiger partial charge in [0.05, 0.1) is 15.6 Å². The molecule has 5 heteroatoms. The Morgan fingerprint density at radius 2 is 1.76 bits per heavy atom. The molecule has 2 aromatic carbocycles. The summed E-state index contributed by atoms with van der Waals surface area (Å²) in [5.74, 6) is -0.348. The molecule has 0 amide bonds. The molecule has 0 aromatic heterocycles. The first-order valence-electron chi connectivity index (χ1n) is 6.17. The zero-order valence-corrected chi connectivity index (χ0v) is 12.2. The number of carbonyl (C=O) groups is 1. The van der Waals surface area contributed by atoms with Crippen molar-refractivity contribution in [3.63, 3.8) is 0 Å². The van der Waals surface area contributed by atoms with E-state index in [0.717, 1.165) is 5.56 Å². The van der Waals surface area contributed by atoms with Crippen molar-refractivity contribution in [2.75, 3.05) is 0 Å². The Hall–Kier alpha value is -2.10. The Balaban J connectivity index is 2.00. The predicted octanol–water partition coefficient (Wildman–Crippen LogP) is 4.34. The van der Waals surface area contributed by atoms with Gasteiger partial charge in [-0.2, -0.15) is 0 Å². The molecule has 0 N–H and O–H groups in total. The second-order valence-corrected chi connectivity index (χ2v) is 5.13. The first-order valence-corrected chi connectivity index (χ1v) is 6.93. The van der Waals surface area contributed by atoms with Gasteiger partial charge in [-0.15, -0.1) is 0 Å². The fourth-order valence-electron chi connectivity index (χ4n) is 1.90. The van der Waals surface area contributed by atoms with Crippen LogP contribution in [-0.2, 0) is 9.53 Å². The van der Waals surface area contributed by atoms with Gasteiger partial charge in [-0.25, -0.2) is 9.79 Å². The molecule has 1 heterocycles. The molecule has 0 spiro atoms. The van der Waals surface area contributed by atoms with Crippen molar-refractivity contribution < 1.29 is 9.53 Å². The van der Waals surface area contributed by atoms with Gasteiger partial charge in [-0.3, -0.25) is 0 Å². The third kappa shape index (κ3) is 2.84. The van der Waals surface area contributed by atoms with E-state index in [1.165, 1.54) is 0 Å². The van der Waals surface area contributed by atoms with E-state index < -0.39 is 5.97 Å². The van der Waals surface area contributed by atoms with Gasteiger partial charge in [0.15, 0.2) is 5.70 Å². The lowest BCUT2D eigenvalue weighted by Crippen LogP contribution is -2.06.